The zero-order chi connectivity index (χ0) is 18.6. The highest BCUT2D eigenvalue weighted by molar-refractivity contribution is 5.73. The molecular formula is C19H29N5O2. The van der Waals surface area contributed by atoms with Crippen molar-refractivity contribution in [3.05, 3.63) is 35.7 Å². The van der Waals surface area contributed by atoms with Gasteiger partial charge in [-0.2, -0.15) is 0 Å². The van der Waals surface area contributed by atoms with E-state index in [1.54, 1.807) is 13.3 Å². The molecule has 2 heterocycles. The number of nitrogens with two attached hydrogens (primary N) is 1. The van der Waals surface area contributed by atoms with Crippen LogP contribution in [-0.2, 0) is 5.79 Å². The quantitative estimate of drug-likeness (QED) is 0.605. The molecule has 26 heavy (non-hydrogen) atoms. The summed E-state index contributed by atoms with van der Waals surface area (Å²) in [7, 11) is 3.47. The molecule has 1 aromatic carbocycles. The third-order valence-electron chi connectivity index (χ3n) is 4.73. The zero-order valence-corrected chi connectivity index (χ0v) is 15.8. The van der Waals surface area contributed by atoms with Gasteiger partial charge in [-0.3, -0.25) is 5.73 Å². The molecule has 1 saturated heterocycles. The van der Waals surface area contributed by atoms with E-state index in [0.29, 0.717) is 18.1 Å². The first-order chi connectivity index (χ1) is 12.5. The monoisotopic (exact) mass is 359 g/mol. The molecule has 1 fully saturated rings. The van der Waals surface area contributed by atoms with E-state index in [-0.39, 0.29) is 0 Å². The fraction of sp³-hybridized carbons (Fsp3) is 0.526. The normalized spacial score (nSPS) is 23.0. The van der Waals surface area contributed by atoms with Crippen LogP contribution in [0.5, 0.6) is 11.5 Å². The first-order valence-corrected chi connectivity index (χ1v) is 9.08. The van der Waals surface area contributed by atoms with Crippen LogP contribution in [0.25, 0.3) is 0 Å². The number of methoxy groups -OCH3 is 1. The number of aliphatic imine (C=N–C) groups is 1. The molecule has 0 radical (unpaired) electrons. The van der Waals surface area contributed by atoms with Gasteiger partial charge in [0.05, 0.1) is 13.7 Å². The van der Waals surface area contributed by atoms with Crippen LogP contribution in [-0.4, -0.2) is 51.5 Å². The summed E-state index contributed by atoms with van der Waals surface area (Å²) in [5.74, 6) is 1.98. The molecule has 1 aromatic rings. The van der Waals surface area contributed by atoms with Gasteiger partial charge in [-0.15, -0.1) is 0 Å². The molecule has 4 N–H and O–H groups in total. The van der Waals surface area contributed by atoms with Crippen LogP contribution in [0, 0.1) is 5.92 Å². The SMILES string of the molecule is CNC1=CC=NC(N)(c2ccc(OC)c(OCCCN3CC(C)C3)c2)N1. The summed E-state index contributed by atoms with van der Waals surface area (Å²) >= 11 is 0. The van der Waals surface area contributed by atoms with Crippen molar-refractivity contribution in [3.8, 4) is 11.5 Å². The van der Waals surface area contributed by atoms with Crippen LogP contribution in [0.1, 0.15) is 18.9 Å². The van der Waals surface area contributed by atoms with E-state index >= 15 is 0 Å². The number of rotatable bonds is 8. The second kappa shape index (κ2) is 7.97. The number of likely N-dealkylation sites (tertiary alicyclic amines) is 1. The number of allylic oxidation sites excluding steroid dienone is 1. The van der Waals surface area contributed by atoms with Crippen molar-refractivity contribution in [2.24, 2.45) is 16.6 Å². The van der Waals surface area contributed by atoms with Crippen molar-refractivity contribution in [1.29, 1.82) is 0 Å². The number of nitrogens with zero attached hydrogens (tertiary/aromatic N) is 2. The van der Waals surface area contributed by atoms with Gasteiger partial charge in [0.25, 0.3) is 0 Å². The molecular weight excluding hydrogens is 330 g/mol. The van der Waals surface area contributed by atoms with Crippen LogP contribution in [0.2, 0.25) is 0 Å². The fourth-order valence-corrected chi connectivity index (χ4v) is 3.31. The molecule has 0 bridgehead atoms. The van der Waals surface area contributed by atoms with E-state index in [0.717, 1.165) is 30.3 Å². The van der Waals surface area contributed by atoms with Crippen molar-refractivity contribution >= 4 is 6.21 Å². The molecule has 0 amide bonds. The Bertz CT molecular complexity index is 685. The lowest BCUT2D eigenvalue weighted by Gasteiger charge is -2.37. The highest BCUT2D eigenvalue weighted by Gasteiger charge is 2.29. The van der Waals surface area contributed by atoms with E-state index in [2.05, 4.69) is 27.4 Å². The maximum Gasteiger partial charge on any atom is 0.210 e. The van der Waals surface area contributed by atoms with E-state index in [9.17, 15) is 0 Å². The van der Waals surface area contributed by atoms with E-state index in [1.165, 1.54) is 13.1 Å². The Labute approximate surface area is 155 Å². The highest BCUT2D eigenvalue weighted by Crippen LogP contribution is 2.32. The molecule has 0 aromatic heterocycles. The van der Waals surface area contributed by atoms with Crippen LogP contribution in [0.4, 0.5) is 0 Å². The van der Waals surface area contributed by atoms with E-state index in [1.807, 2.05) is 31.3 Å². The summed E-state index contributed by atoms with van der Waals surface area (Å²) in [5.41, 5.74) is 7.25. The maximum atomic E-state index is 6.45. The van der Waals surface area contributed by atoms with Gasteiger partial charge in [-0.1, -0.05) is 6.92 Å². The predicted octanol–water partition coefficient (Wildman–Crippen LogP) is 1.22. The first kappa shape index (κ1) is 18.5. The van der Waals surface area contributed by atoms with Gasteiger partial charge in [0.1, 0.15) is 5.82 Å². The summed E-state index contributed by atoms with van der Waals surface area (Å²) in [6, 6.07) is 5.66. The van der Waals surface area contributed by atoms with Gasteiger partial charge in [0, 0.05) is 38.5 Å². The molecule has 7 heteroatoms. The third-order valence-corrected chi connectivity index (χ3v) is 4.73. The van der Waals surface area contributed by atoms with E-state index < -0.39 is 5.79 Å². The standard InChI is InChI=1S/C19H29N5O2/c1-14-12-24(13-14)9-4-10-26-17-11-15(5-6-16(17)25-3)19(20)22-8-7-18(21-2)23-19/h5-8,11,14,21,23H,4,9-10,12-13,20H2,1-3H3. The minimum atomic E-state index is -1.04. The summed E-state index contributed by atoms with van der Waals surface area (Å²) in [4.78, 5) is 6.84. The Morgan fingerprint density at radius 2 is 2.19 bits per heavy atom. The minimum absolute atomic E-state index is 0.640. The number of benzene rings is 1. The summed E-state index contributed by atoms with van der Waals surface area (Å²) in [6.07, 6.45) is 4.51. The van der Waals surface area contributed by atoms with Crippen LogP contribution in [0.3, 0.4) is 0 Å². The van der Waals surface area contributed by atoms with Crippen molar-refractivity contribution < 1.29 is 9.47 Å². The second-order valence-corrected chi connectivity index (χ2v) is 6.93. The van der Waals surface area contributed by atoms with Gasteiger partial charge in [0.2, 0.25) is 5.79 Å². The number of nitrogens with one attached hydrogen (secondary N) is 2. The smallest absolute Gasteiger partial charge is 0.210 e. The summed E-state index contributed by atoms with van der Waals surface area (Å²) in [6.45, 7) is 6.37. The molecule has 142 valence electrons. The lowest BCUT2D eigenvalue weighted by molar-refractivity contribution is 0.105. The Hall–Kier alpha value is -2.25. The third kappa shape index (κ3) is 4.11. The molecule has 0 saturated carbocycles. The molecule has 3 rings (SSSR count). The number of ether oxygens (including phenoxy) is 2. The van der Waals surface area contributed by atoms with Gasteiger partial charge < -0.3 is 25.0 Å². The van der Waals surface area contributed by atoms with Crippen molar-refractivity contribution in [2.45, 2.75) is 19.1 Å². The van der Waals surface area contributed by atoms with Gasteiger partial charge >= 0.3 is 0 Å². The van der Waals surface area contributed by atoms with Gasteiger partial charge in [-0.05, 0) is 36.6 Å². The molecule has 1 atom stereocenters. The average Bonchev–Trinajstić information content (AvgIpc) is 2.63. The fourth-order valence-electron chi connectivity index (χ4n) is 3.31. The summed E-state index contributed by atoms with van der Waals surface area (Å²) < 4.78 is 11.4. The van der Waals surface area contributed by atoms with Crippen LogP contribution >= 0.6 is 0 Å². The predicted molar refractivity (Wildman–Crippen MR) is 103 cm³/mol. The lowest BCUT2D eigenvalue weighted by Crippen LogP contribution is -2.51. The average molecular weight is 359 g/mol. The Kier molecular flexibility index (Phi) is 5.68. The summed E-state index contributed by atoms with van der Waals surface area (Å²) in [5, 5.41) is 6.24. The highest BCUT2D eigenvalue weighted by atomic mass is 16.5. The molecule has 2 aliphatic rings. The topological polar surface area (TPSA) is 84.1 Å². The largest absolute Gasteiger partial charge is 0.493 e. The van der Waals surface area contributed by atoms with Crippen LogP contribution in [0.15, 0.2) is 35.1 Å². The van der Waals surface area contributed by atoms with Crippen molar-refractivity contribution in [2.75, 3.05) is 40.4 Å². The molecule has 0 spiro atoms. The number of hydrogen-bond donors (Lipinski definition) is 3. The van der Waals surface area contributed by atoms with Crippen molar-refractivity contribution in [1.82, 2.24) is 15.5 Å². The molecule has 1 unspecified atom stereocenters. The molecule has 2 aliphatic heterocycles. The maximum absolute atomic E-state index is 6.45. The number of hydrogen-bond acceptors (Lipinski definition) is 7. The van der Waals surface area contributed by atoms with Crippen LogP contribution < -0.4 is 25.8 Å². The van der Waals surface area contributed by atoms with Crippen molar-refractivity contribution in [3.63, 3.8) is 0 Å². The minimum Gasteiger partial charge on any atom is -0.493 e. The van der Waals surface area contributed by atoms with E-state index in [4.69, 9.17) is 15.2 Å². The van der Waals surface area contributed by atoms with Gasteiger partial charge in [-0.25, -0.2) is 4.99 Å². The Morgan fingerprint density at radius 1 is 1.38 bits per heavy atom. The molecule has 7 nitrogen and oxygen atoms in total. The lowest BCUT2D eigenvalue weighted by atomic mass is 10.0. The second-order valence-electron chi connectivity index (χ2n) is 6.93. The van der Waals surface area contributed by atoms with Gasteiger partial charge in [0.15, 0.2) is 11.5 Å². The zero-order valence-electron chi connectivity index (χ0n) is 15.8. The first-order valence-electron chi connectivity index (χ1n) is 9.08. The Morgan fingerprint density at radius 3 is 2.88 bits per heavy atom. The molecule has 0 aliphatic carbocycles. The Balaban J connectivity index is 1.64.